The molecule has 5 rings (SSSR count). The van der Waals surface area contributed by atoms with Crippen molar-refractivity contribution in [3.63, 3.8) is 0 Å². The highest BCUT2D eigenvalue weighted by Gasteiger charge is 2.41. The Hall–Kier alpha value is -2.10. The Bertz CT molecular complexity index is 1610. The van der Waals surface area contributed by atoms with E-state index < -0.39 is 0 Å². The van der Waals surface area contributed by atoms with Gasteiger partial charge in [0.1, 0.15) is 0 Å². The summed E-state index contributed by atoms with van der Waals surface area (Å²) in [5, 5.41) is 0. The molecule has 0 aliphatic carbocycles. The van der Waals surface area contributed by atoms with Crippen molar-refractivity contribution in [1.29, 1.82) is 0 Å². The molecule has 49 heavy (non-hydrogen) atoms. The molecule has 2 amide bonds. The lowest BCUT2D eigenvalue weighted by Crippen LogP contribution is -2.33. The number of unbranched alkanes of at least 4 members (excludes halogenated alkanes) is 10. The van der Waals surface area contributed by atoms with Crippen molar-refractivity contribution < 1.29 is 14.3 Å². The second kappa shape index (κ2) is 19.5. The van der Waals surface area contributed by atoms with Gasteiger partial charge in [0.2, 0.25) is 0 Å². The third-order valence-corrected chi connectivity index (χ3v) is 14.6. The Morgan fingerprint density at radius 1 is 0.571 bits per heavy atom. The maximum Gasteiger partial charge on any atom is 0.263 e. The van der Waals surface area contributed by atoms with E-state index in [1.165, 1.54) is 119 Å². The number of hydrogen-bond acceptors (Lipinski definition) is 7. The number of nitrogens with zero attached hydrogens (tertiary/aromatic N) is 1. The number of aryl methyl sites for hydroxylation is 2. The molecule has 4 aromatic rings. The van der Waals surface area contributed by atoms with E-state index in [9.17, 15) is 9.59 Å². The number of carbonyl (C=O) groups is 2. The SMILES string of the molecule is CCCCCCCCC(CCCCCCCC)CCOCCN1C(=O)c2c(C)sc(-c3ccc(-c4ccc(-c5ccc(C)s5)s4)s3)c2C1=O. The Labute approximate surface area is 310 Å². The van der Waals surface area contributed by atoms with Gasteiger partial charge in [-0.2, -0.15) is 0 Å². The van der Waals surface area contributed by atoms with E-state index in [-0.39, 0.29) is 11.8 Å². The van der Waals surface area contributed by atoms with Crippen LogP contribution >= 0.6 is 45.3 Å². The number of rotatable bonds is 23. The predicted octanol–water partition coefficient (Wildman–Crippen LogP) is 13.7. The van der Waals surface area contributed by atoms with Gasteiger partial charge in [0.15, 0.2) is 0 Å². The zero-order valence-electron chi connectivity index (χ0n) is 30.1. The molecular formula is C41H55NO3S4. The third-order valence-electron chi connectivity index (χ3n) is 9.73. The van der Waals surface area contributed by atoms with Crippen LogP contribution in [0.25, 0.3) is 29.3 Å². The van der Waals surface area contributed by atoms with Gasteiger partial charge in [0.05, 0.1) is 29.2 Å². The average Bonchev–Trinajstić information content (AvgIpc) is 3.93. The van der Waals surface area contributed by atoms with Gasteiger partial charge in [0, 0.05) is 40.7 Å². The van der Waals surface area contributed by atoms with E-state index in [4.69, 9.17) is 4.74 Å². The highest BCUT2D eigenvalue weighted by molar-refractivity contribution is 7.28. The molecule has 1 aliphatic rings. The van der Waals surface area contributed by atoms with Crippen LogP contribution < -0.4 is 0 Å². The molecule has 0 fully saturated rings. The van der Waals surface area contributed by atoms with E-state index in [2.05, 4.69) is 57.2 Å². The fourth-order valence-corrected chi connectivity index (χ4v) is 11.2. The summed E-state index contributed by atoms with van der Waals surface area (Å²) in [4.78, 5) is 37.8. The van der Waals surface area contributed by atoms with Gasteiger partial charge in [-0.15, -0.1) is 45.3 Å². The van der Waals surface area contributed by atoms with Crippen LogP contribution in [-0.4, -0.2) is 36.5 Å². The van der Waals surface area contributed by atoms with Crippen LogP contribution in [0.3, 0.4) is 0 Å². The number of amides is 2. The summed E-state index contributed by atoms with van der Waals surface area (Å²) in [6.45, 7) is 10.1. The minimum Gasteiger partial charge on any atom is -0.380 e. The lowest BCUT2D eigenvalue weighted by Gasteiger charge is -2.18. The molecule has 4 aromatic heterocycles. The molecule has 5 heterocycles. The van der Waals surface area contributed by atoms with E-state index in [1.54, 1.807) is 34.0 Å². The third kappa shape index (κ3) is 10.2. The van der Waals surface area contributed by atoms with E-state index in [1.807, 2.05) is 18.3 Å². The number of carbonyl (C=O) groups excluding carboxylic acids is 2. The molecule has 0 aromatic carbocycles. The van der Waals surface area contributed by atoms with Crippen molar-refractivity contribution in [2.24, 2.45) is 5.92 Å². The highest BCUT2D eigenvalue weighted by Crippen LogP contribution is 2.47. The predicted molar refractivity (Wildman–Crippen MR) is 214 cm³/mol. The molecular weight excluding hydrogens is 683 g/mol. The molecule has 0 saturated heterocycles. The van der Waals surface area contributed by atoms with Crippen LogP contribution in [0.15, 0.2) is 36.4 Å². The Morgan fingerprint density at radius 3 is 1.67 bits per heavy atom. The van der Waals surface area contributed by atoms with Crippen molar-refractivity contribution in [3.05, 3.63) is 57.3 Å². The first-order valence-electron chi connectivity index (χ1n) is 18.8. The molecule has 8 heteroatoms. The normalized spacial score (nSPS) is 13.0. The summed E-state index contributed by atoms with van der Waals surface area (Å²) >= 11 is 6.89. The molecule has 0 spiro atoms. The molecule has 0 radical (unpaired) electrons. The van der Waals surface area contributed by atoms with Crippen LogP contribution in [0.1, 0.15) is 141 Å². The fourth-order valence-electron chi connectivity index (χ4n) is 6.87. The zero-order valence-corrected chi connectivity index (χ0v) is 33.3. The van der Waals surface area contributed by atoms with Crippen molar-refractivity contribution >= 4 is 57.2 Å². The molecule has 4 nitrogen and oxygen atoms in total. The minimum atomic E-state index is -0.173. The molecule has 0 saturated carbocycles. The molecule has 0 bridgehead atoms. The highest BCUT2D eigenvalue weighted by atomic mass is 32.1. The van der Waals surface area contributed by atoms with Gasteiger partial charge in [0.25, 0.3) is 11.8 Å². The Balaban J connectivity index is 1.12. The van der Waals surface area contributed by atoms with Crippen LogP contribution in [0.5, 0.6) is 0 Å². The Kier molecular flexibility index (Phi) is 15.2. The number of hydrogen-bond donors (Lipinski definition) is 0. The smallest absolute Gasteiger partial charge is 0.263 e. The number of ether oxygens (including phenoxy) is 1. The standard InChI is InChI=1S/C41H55NO3S4/c1-5-7-9-11-13-15-17-31(18-16-14-12-10-8-6-2)25-27-45-28-26-42-40(43)37-30(4)47-39(38(37)41(42)44)36-24-23-35(49-36)34-22-21-33(48-34)32-20-19-29(3)46-32/h19-24,31H,5-18,25-28H2,1-4H3. The van der Waals surface area contributed by atoms with Crippen LogP contribution in [0.2, 0.25) is 0 Å². The number of thiophene rings is 4. The molecule has 0 unspecified atom stereocenters. The summed E-state index contributed by atoms with van der Waals surface area (Å²) < 4.78 is 6.11. The van der Waals surface area contributed by atoms with E-state index >= 15 is 0 Å². The number of fused-ring (bicyclic) bond motifs is 1. The summed E-state index contributed by atoms with van der Waals surface area (Å²) in [7, 11) is 0. The summed E-state index contributed by atoms with van der Waals surface area (Å²) in [6.07, 6.45) is 19.7. The van der Waals surface area contributed by atoms with Gasteiger partial charge >= 0.3 is 0 Å². The van der Waals surface area contributed by atoms with Gasteiger partial charge in [-0.1, -0.05) is 104 Å². The second-order valence-corrected chi connectivity index (χ2v) is 18.3. The van der Waals surface area contributed by atoms with Gasteiger partial charge in [-0.05, 0) is 62.6 Å². The summed E-state index contributed by atoms with van der Waals surface area (Å²) in [5.74, 6) is 0.368. The number of imide groups is 1. The molecule has 266 valence electrons. The van der Waals surface area contributed by atoms with Crippen molar-refractivity contribution in [2.75, 3.05) is 19.8 Å². The van der Waals surface area contributed by atoms with E-state index in [0.29, 0.717) is 36.8 Å². The van der Waals surface area contributed by atoms with Crippen molar-refractivity contribution in [1.82, 2.24) is 4.90 Å². The van der Waals surface area contributed by atoms with Crippen LogP contribution in [0, 0.1) is 19.8 Å². The largest absolute Gasteiger partial charge is 0.380 e. The maximum absolute atomic E-state index is 13.7. The lowest BCUT2D eigenvalue weighted by molar-refractivity contribution is 0.0546. The molecule has 0 N–H and O–H groups in total. The first-order valence-corrected chi connectivity index (χ1v) is 22.0. The second-order valence-electron chi connectivity index (χ2n) is 13.6. The first kappa shape index (κ1) is 38.1. The first-order chi connectivity index (χ1) is 23.9. The Morgan fingerprint density at radius 2 is 1.08 bits per heavy atom. The molecule has 1 aliphatic heterocycles. The van der Waals surface area contributed by atoms with Crippen molar-refractivity contribution in [3.8, 4) is 29.3 Å². The molecule has 0 atom stereocenters. The van der Waals surface area contributed by atoms with Gasteiger partial charge < -0.3 is 4.74 Å². The zero-order chi connectivity index (χ0) is 34.6. The van der Waals surface area contributed by atoms with Gasteiger partial charge in [-0.3, -0.25) is 14.5 Å². The van der Waals surface area contributed by atoms with Crippen molar-refractivity contribution in [2.45, 2.75) is 124 Å². The maximum atomic E-state index is 13.7. The topological polar surface area (TPSA) is 46.6 Å². The van der Waals surface area contributed by atoms with Crippen LogP contribution in [-0.2, 0) is 4.74 Å². The lowest BCUT2D eigenvalue weighted by atomic mass is 9.92. The summed E-state index contributed by atoms with van der Waals surface area (Å²) in [5.41, 5.74) is 1.17. The van der Waals surface area contributed by atoms with Crippen LogP contribution in [0.4, 0.5) is 0 Å². The summed E-state index contributed by atoms with van der Waals surface area (Å²) in [6, 6.07) is 13.0. The fraction of sp³-hybridized carbons (Fsp3) is 0.561. The van der Waals surface area contributed by atoms with Gasteiger partial charge in [-0.25, -0.2) is 0 Å². The van der Waals surface area contributed by atoms with E-state index in [0.717, 1.165) is 21.1 Å². The minimum absolute atomic E-state index is 0.168. The monoisotopic (exact) mass is 737 g/mol. The average molecular weight is 738 g/mol. The quantitative estimate of drug-likeness (QED) is 0.0562.